The Kier molecular flexibility index (Phi) is 6.98. The van der Waals surface area contributed by atoms with Crippen molar-refractivity contribution < 1.29 is 13.6 Å². The topological polar surface area (TPSA) is 106 Å². The van der Waals surface area contributed by atoms with Gasteiger partial charge in [0.1, 0.15) is 5.41 Å². The zero-order valence-corrected chi connectivity index (χ0v) is 18.5. The molecular formula is C22H29ClF2N6O. The summed E-state index contributed by atoms with van der Waals surface area (Å²) in [5.41, 5.74) is 5.52. The quantitative estimate of drug-likeness (QED) is 0.490. The monoisotopic (exact) mass is 466 g/mol. The van der Waals surface area contributed by atoms with E-state index < -0.39 is 11.8 Å². The average Bonchev–Trinajstić information content (AvgIpc) is 3.46. The first-order valence-electron chi connectivity index (χ1n) is 11.1. The van der Waals surface area contributed by atoms with Gasteiger partial charge in [-0.2, -0.15) is 5.26 Å². The Morgan fingerprint density at radius 1 is 1.44 bits per heavy atom. The predicted octanol–water partition coefficient (Wildman–Crippen LogP) is 2.11. The highest BCUT2D eigenvalue weighted by Gasteiger charge is 2.51. The SMILES string of the molecule is N#CC1(C(=O)NCC2CNC(c3ccc(Cl)c(C(F)F)c3)NC2N2CCC(CN)C2)CC1. The first-order valence-corrected chi connectivity index (χ1v) is 11.5. The second kappa shape index (κ2) is 9.57. The molecule has 5 N–H and O–H groups in total. The van der Waals surface area contributed by atoms with E-state index in [4.69, 9.17) is 17.3 Å². The van der Waals surface area contributed by atoms with Crippen LogP contribution in [0.15, 0.2) is 18.2 Å². The molecular weight excluding hydrogens is 438 g/mol. The number of halogens is 3. The first kappa shape index (κ1) is 23.3. The van der Waals surface area contributed by atoms with Crippen LogP contribution in [0.4, 0.5) is 8.78 Å². The molecule has 0 aromatic heterocycles. The molecule has 0 spiro atoms. The molecule has 4 unspecified atom stereocenters. The summed E-state index contributed by atoms with van der Waals surface area (Å²) < 4.78 is 26.7. The fourth-order valence-corrected chi connectivity index (χ4v) is 4.87. The Bertz CT molecular complexity index is 890. The molecule has 174 valence electrons. The largest absolute Gasteiger partial charge is 0.354 e. The van der Waals surface area contributed by atoms with Crippen LogP contribution in [0.1, 0.15) is 43.0 Å². The van der Waals surface area contributed by atoms with Crippen molar-refractivity contribution in [2.24, 2.45) is 23.0 Å². The predicted molar refractivity (Wildman–Crippen MR) is 117 cm³/mol. The Morgan fingerprint density at radius 2 is 2.22 bits per heavy atom. The zero-order chi connectivity index (χ0) is 22.9. The maximum atomic E-state index is 13.3. The molecule has 0 bridgehead atoms. The van der Waals surface area contributed by atoms with Gasteiger partial charge in [-0.1, -0.05) is 17.7 Å². The van der Waals surface area contributed by atoms with Crippen LogP contribution in [0, 0.1) is 28.6 Å². The van der Waals surface area contributed by atoms with Crippen LogP contribution in [0.2, 0.25) is 5.02 Å². The van der Waals surface area contributed by atoms with Crippen LogP contribution >= 0.6 is 11.6 Å². The van der Waals surface area contributed by atoms with Gasteiger partial charge in [-0.25, -0.2) is 8.78 Å². The number of benzene rings is 1. The fraction of sp³-hybridized carbons (Fsp3) is 0.636. The molecule has 1 saturated carbocycles. The third-order valence-electron chi connectivity index (χ3n) is 6.92. The lowest BCUT2D eigenvalue weighted by Gasteiger charge is -2.43. The van der Waals surface area contributed by atoms with Gasteiger partial charge in [-0.15, -0.1) is 0 Å². The lowest BCUT2D eigenvalue weighted by Crippen LogP contribution is -2.62. The second-order valence-corrected chi connectivity index (χ2v) is 9.49. The van der Waals surface area contributed by atoms with Gasteiger partial charge in [0.15, 0.2) is 0 Å². The van der Waals surface area contributed by atoms with Gasteiger partial charge in [0.2, 0.25) is 5.91 Å². The standard InChI is InChI=1S/C22H29ClF2N6O/c23-17-2-1-14(7-16(17)18(24)25)19-28-9-15(10-29-21(32)22(12-27)4-5-22)20(30-19)31-6-3-13(8-26)11-31/h1-2,7,13,15,18-20,28,30H,3-6,8-11,26H2,(H,29,32). The Morgan fingerprint density at radius 3 is 2.84 bits per heavy atom. The molecule has 3 aliphatic rings. The number of carbonyl (C=O) groups excluding carboxylic acids is 1. The molecule has 32 heavy (non-hydrogen) atoms. The lowest BCUT2D eigenvalue weighted by molar-refractivity contribution is -0.124. The number of nitrogens with zero attached hydrogens (tertiary/aromatic N) is 2. The van der Waals surface area contributed by atoms with Gasteiger partial charge in [-0.05, 0) is 49.4 Å². The number of nitriles is 1. The number of rotatable bonds is 7. The van der Waals surface area contributed by atoms with Crippen molar-refractivity contribution in [2.45, 2.75) is 38.0 Å². The van der Waals surface area contributed by atoms with Crippen molar-refractivity contribution in [3.63, 3.8) is 0 Å². The van der Waals surface area contributed by atoms with E-state index >= 15 is 0 Å². The molecule has 10 heteroatoms. The summed E-state index contributed by atoms with van der Waals surface area (Å²) in [7, 11) is 0. The van der Waals surface area contributed by atoms with E-state index in [1.54, 1.807) is 6.07 Å². The minimum absolute atomic E-state index is 0.0445. The van der Waals surface area contributed by atoms with Crippen LogP contribution in [-0.4, -0.2) is 49.7 Å². The van der Waals surface area contributed by atoms with Gasteiger partial charge in [0.25, 0.3) is 6.43 Å². The molecule has 1 aliphatic carbocycles. The maximum absolute atomic E-state index is 13.3. The summed E-state index contributed by atoms with van der Waals surface area (Å²) in [4.78, 5) is 14.8. The van der Waals surface area contributed by atoms with Crippen LogP contribution in [0.5, 0.6) is 0 Å². The normalized spacial score (nSPS) is 29.6. The van der Waals surface area contributed by atoms with Crippen molar-refractivity contribution in [1.29, 1.82) is 5.26 Å². The summed E-state index contributed by atoms with van der Waals surface area (Å²) in [6.07, 6.45) is -0.831. The Labute approximate surface area is 191 Å². The summed E-state index contributed by atoms with van der Waals surface area (Å²) in [6, 6.07) is 6.81. The molecule has 1 aromatic rings. The van der Waals surface area contributed by atoms with E-state index in [1.165, 1.54) is 12.1 Å². The van der Waals surface area contributed by atoms with Crippen LogP contribution in [-0.2, 0) is 4.79 Å². The van der Waals surface area contributed by atoms with Crippen LogP contribution < -0.4 is 21.7 Å². The van der Waals surface area contributed by atoms with E-state index in [9.17, 15) is 18.8 Å². The van der Waals surface area contributed by atoms with Crippen LogP contribution in [0.3, 0.4) is 0 Å². The Hall–Kier alpha value is -1.83. The molecule has 4 rings (SSSR count). The van der Waals surface area contributed by atoms with E-state index in [1.807, 2.05) is 0 Å². The van der Waals surface area contributed by atoms with E-state index in [0.717, 1.165) is 19.5 Å². The number of hydrogen-bond acceptors (Lipinski definition) is 6. The van der Waals surface area contributed by atoms with Crippen molar-refractivity contribution >= 4 is 17.5 Å². The number of likely N-dealkylation sites (tertiary alicyclic amines) is 1. The van der Waals surface area contributed by atoms with Crippen molar-refractivity contribution in [2.75, 3.05) is 32.7 Å². The molecule has 2 saturated heterocycles. The van der Waals surface area contributed by atoms with Gasteiger partial charge in [0, 0.05) is 42.7 Å². The van der Waals surface area contributed by atoms with Gasteiger partial charge in [-0.3, -0.25) is 20.3 Å². The smallest absolute Gasteiger partial charge is 0.265 e. The van der Waals surface area contributed by atoms with Crippen molar-refractivity contribution in [3.05, 3.63) is 34.3 Å². The summed E-state index contributed by atoms with van der Waals surface area (Å²) >= 11 is 5.94. The highest BCUT2D eigenvalue weighted by molar-refractivity contribution is 6.31. The molecule has 4 atom stereocenters. The number of hydrogen-bond donors (Lipinski definition) is 4. The molecule has 3 fully saturated rings. The number of carbonyl (C=O) groups is 1. The van der Waals surface area contributed by atoms with Crippen molar-refractivity contribution in [3.8, 4) is 6.07 Å². The summed E-state index contributed by atoms with van der Waals surface area (Å²) in [5.74, 6) is 0.249. The van der Waals surface area contributed by atoms with E-state index in [-0.39, 0.29) is 34.7 Å². The highest BCUT2D eigenvalue weighted by atomic mass is 35.5. The van der Waals surface area contributed by atoms with Gasteiger partial charge < -0.3 is 11.1 Å². The minimum Gasteiger partial charge on any atom is -0.354 e. The highest BCUT2D eigenvalue weighted by Crippen LogP contribution is 2.45. The number of amides is 1. The summed E-state index contributed by atoms with van der Waals surface area (Å²) in [5, 5.41) is 19.2. The molecule has 0 radical (unpaired) electrons. The molecule has 7 nitrogen and oxygen atoms in total. The van der Waals surface area contributed by atoms with Gasteiger partial charge in [0.05, 0.1) is 18.4 Å². The molecule has 1 aromatic carbocycles. The number of alkyl halides is 2. The first-order chi connectivity index (χ1) is 15.4. The van der Waals surface area contributed by atoms with E-state index in [0.29, 0.717) is 44.0 Å². The third-order valence-corrected chi connectivity index (χ3v) is 7.27. The molecule has 2 heterocycles. The molecule has 2 aliphatic heterocycles. The zero-order valence-electron chi connectivity index (χ0n) is 17.8. The second-order valence-electron chi connectivity index (χ2n) is 9.08. The number of nitrogens with one attached hydrogen (secondary N) is 3. The fourth-order valence-electron chi connectivity index (χ4n) is 4.67. The number of nitrogens with two attached hydrogens (primary N) is 1. The van der Waals surface area contributed by atoms with Crippen LogP contribution in [0.25, 0.3) is 0 Å². The molecule has 1 amide bonds. The lowest BCUT2D eigenvalue weighted by atomic mass is 9.98. The van der Waals surface area contributed by atoms with Crippen molar-refractivity contribution in [1.82, 2.24) is 20.9 Å². The third kappa shape index (κ3) is 4.75. The van der Waals surface area contributed by atoms with E-state index in [2.05, 4.69) is 26.9 Å². The minimum atomic E-state index is -2.65. The summed E-state index contributed by atoms with van der Waals surface area (Å²) in [6.45, 7) is 3.34. The van der Waals surface area contributed by atoms with Gasteiger partial charge >= 0.3 is 0 Å². The average molecular weight is 467 g/mol. The Balaban J connectivity index is 1.48. The maximum Gasteiger partial charge on any atom is 0.265 e.